The minimum atomic E-state index is -0.165. The first-order valence-corrected chi connectivity index (χ1v) is 11.1. The van der Waals surface area contributed by atoms with Crippen LogP contribution in [0.1, 0.15) is 48.5 Å². The summed E-state index contributed by atoms with van der Waals surface area (Å²) in [6, 6.07) is 15.5. The number of benzene rings is 2. The first-order valence-electron chi connectivity index (χ1n) is 11.1. The smallest absolute Gasteiger partial charge is 0.251 e. The van der Waals surface area contributed by atoms with Crippen molar-refractivity contribution >= 4 is 17.5 Å². The summed E-state index contributed by atoms with van der Waals surface area (Å²) < 4.78 is 11.2. The van der Waals surface area contributed by atoms with Gasteiger partial charge in [-0.1, -0.05) is 18.2 Å². The number of amides is 2. The second-order valence-electron chi connectivity index (χ2n) is 8.23. The van der Waals surface area contributed by atoms with E-state index < -0.39 is 0 Å². The van der Waals surface area contributed by atoms with Crippen molar-refractivity contribution in [3.8, 4) is 5.75 Å². The van der Waals surface area contributed by atoms with Crippen molar-refractivity contribution in [2.75, 3.05) is 37.8 Å². The highest BCUT2D eigenvalue weighted by Crippen LogP contribution is 2.35. The summed E-state index contributed by atoms with van der Waals surface area (Å²) in [6.07, 6.45) is 3.14. The number of carbonyl (C=O) groups is 2. The molecule has 2 aromatic rings. The van der Waals surface area contributed by atoms with E-state index in [1.807, 2.05) is 37.3 Å². The summed E-state index contributed by atoms with van der Waals surface area (Å²) in [5, 5.41) is 3.15. The van der Waals surface area contributed by atoms with Gasteiger partial charge >= 0.3 is 0 Å². The van der Waals surface area contributed by atoms with E-state index in [4.69, 9.17) is 9.47 Å². The summed E-state index contributed by atoms with van der Waals surface area (Å²) in [6.45, 7) is 5.21. The van der Waals surface area contributed by atoms with E-state index in [0.717, 1.165) is 30.7 Å². The normalized spacial score (nSPS) is 18.1. The fourth-order valence-electron chi connectivity index (χ4n) is 4.49. The Kier molecular flexibility index (Phi) is 6.56. The van der Waals surface area contributed by atoms with E-state index in [1.54, 1.807) is 11.0 Å². The van der Waals surface area contributed by atoms with Crippen LogP contribution in [0.15, 0.2) is 48.5 Å². The zero-order valence-electron chi connectivity index (χ0n) is 18.1. The molecule has 31 heavy (non-hydrogen) atoms. The van der Waals surface area contributed by atoms with Crippen LogP contribution in [-0.2, 0) is 14.9 Å². The van der Waals surface area contributed by atoms with Gasteiger partial charge in [0.25, 0.3) is 5.91 Å². The third kappa shape index (κ3) is 4.74. The van der Waals surface area contributed by atoms with Crippen molar-refractivity contribution in [3.05, 3.63) is 59.7 Å². The predicted octanol–water partition coefficient (Wildman–Crippen LogP) is 3.69. The molecule has 164 valence electrons. The van der Waals surface area contributed by atoms with Gasteiger partial charge in [-0.3, -0.25) is 9.59 Å². The summed E-state index contributed by atoms with van der Waals surface area (Å²) >= 11 is 0. The SMILES string of the molecule is CCOc1ccc(C2(CNC(=O)c3cccc(N4CCCC4=O)c3)CCOCC2)cc1. The average molecular weight is 423 g/mol. The molecule has 4 rings (SSSR count). The number of carbonyl (C=O) groups excluding carboxylic acids is 2. The van der Waals surface area contributed by atoms with E-state index in [9.17, 15) is 9.59 Å². The lowest BCUT2D eigenvalue weighted by atomic mass is 9.74. The molecule has 2 saturated heterocycles. The minimum absolute atomic E-state index is 0.120. The molecule has 0 saturated carbocycles. The Labute approximate surface area is 183 Å². The molecule has 0 radical (unpaired) electrons. The molecule has 6 nitrogen and oxygen atoms in total. The fraction of sp³-hybridized carbons (Fsp3) is 0.440. The number of hydrogen-bond donors (Lipinski definition) is 1. The van der Waals surface area contributed by atoms with E-state index in [0.29, 0.717) is 44.9 Å². The number of anilines is 1. The van der Waals surface area contributed by atoms with E-state index >= 15 is 0 Å². The average Bonchev–Trinajstić information content (AvgIpc) is 3.25. The van der Waals surface area contributed by atoms with Crippen molar-refractivity contribution in [2.24, 2.45) is 0 Å². The van der Waals surface area contributed by atoms with Gasteiger partial charge < -0.3 is 19.7 Å². The maximum absolute atomic E-state index is 13.0. The molecule has 0 spiro atoms. The van der Waals surface area contributed by atoms with Crippen molar-refractivity contribution in [1.82, 2.24) is 5.32 Å². The Balaban J connectivity index is 1.48. The van der Waals surface area contributed by atoms with E-state index in [1.165, 1.54) is 5.56 Å². The lowest BCUT2D eigenvalue weighted by molar-refractivity contribution is -0.117. The second-order valence-corrected chi connectivity index (χ2v) is 8.23. The monoisotopic (exact) mass is 422 g/mol. The molecule has 6 heteroatoms. The molecule has 0 aromatic heterocycles. The highest BCUT2D eigenvalue weighted by atomic mass is 16.5. The Morgan fingerprint density at radius 3 is 2.61 bits per heavy atom. The molecule has 0 bridgehead atoms. The van der Waals surface area contributed by atoms with Gasteiger partial charge in [-0.05, 0) is 62.1 Å². The molecular formula is C25H30N2O4. The summed E-state index contributed by atoms with van der Waals surface area (Å²) in [4.78, 5) is 26.8. The van der Waals surface area contributed by atoms with Gasteiger partial charge in [0.2, 0.25) is 5.91 Å². The highest BCUT2D eigenvalue weighted by Gasteiger charge is 2.35. The molecule has 2 aliphatic rings. The van der Waals surface area contributed by atoms with Gasteiger partial charge in [0, 0.05) is 49.4 Å². The van der Waals surface area contributed by atoms with Gasteiger partial charge in [-0.15, -0.1) is 0 Å². The van der Waals surface area contributed by atoms with Crippen LogP contribution in [0.4, 0.5) is 5.69 Å². The maximum Gasteiger partial charge on any atom is 0.251 e. The number of hydrogen-bond acceptors (Lipinski definition) is 4. The van der Waals surface area contributed by atoms with Crippen LogP contribution in [0.2, 0.25) is 0 Å². The number of rotatable bonds is 7. The molecule has 0 atom stereocenters. The van der Waals surface area contributed by atoms with Crippen molar-refractivity contribution in [2.45, 2.75) is 38.0 Å². The lowest BCUT2D eigenvalue weighted by Gasteiger charge is -2.38. The third-order valence-electron chi connectivity index (χ3n) is 6.31. The van der Waals surface area contributed by atoms with E-state index in [-0.39, 0.29) is 17.2 Å². The molecular weight excluding hydrogens is 392 g/mol. The van der Waals surface area contributed by atoms with Crippen LogP contribution < -0.4 is 15.0 Å². The van der Waals surface area contributed by atoms with Gasteiger partial charge in [0.1, 0.15) is 5.75 Å². The minimum Gasteiger partial charge on any atom is -0.494 e. The largest absolute Gasteiger partial charge is 0.494 e. The Hall–Kier alpha value is -2.86. The molecule has 2 fully saturated rings. The zero-order valence-corrected chi connectivity index (χ0v) is 18.1. The van der Waals surface area contributed by atoms with Crippen LogP contribution in [0, 0.1) is 0 Å². The predicted molar refractivity (Wildman–Crippen MR) is 120 cm³/mol. The van der Waals surface area contributed by atoms with E-state index in [2.05, 4.69) is 17.4 Å². The summed E-state index contributed by atoms with van der Waals surface area (Å²) in [7, 11) is 0. The lowest BCUT2D eigenvalue weighted by Crippen LogP contribution is -2.44. The highest BCUT2D eigenvalue weighted by molar-refractivity contribution is 5.99. The number of nitrogens with zero attached hydrogens (tertiary/aromatic N) is 1. The van der Waals surface area contributed by atoms with Crippen LogP contribution in [0.5, 0.6) is 5.75 Å². The Bertz CT molecular complexity index is 919. The van der Waals surface area contributed by atoms with Crippen molar-refractivity contribution in [1.29, 1.82) is 0 Å². The molecule has 2 amide bonds. The molecule has 2 heterocycles. The second kappa shape index (κ2) is 9.52. The number of nitrogens with one attached hydrogen (secondary N) is 1. The molecule has 2 aromatic carbocycles. The standard InChI is InChI=1S/C25H30N2O4/c1-2-31-22-10-8-20(9-11-22)25(12-15-30-16-13-25)18-26-24(29)19-5-3-6-21(17-19)27-14-4-7-23(27)28/h3,5-6,8-11,17H,2,4,7,12-16,18H2,1H3,(H,26,29). The van der Waals surface area contributed by atoms with Gasteiger partial charge in [-0.25, -0.2) is 0 Å². The van der Waals surface area contributed by atoms with Crippen LogP contribution in [0.25, 0.3) is 0 Å². The van der Waals surface area contributed by atoms with Gasteiger partial charge in [-0.2, -0.15) is 0 Å². The first kappa shape index (κ1) is 21.4. The van der Waals surface area contributed by atoms with Crippen LogP contribution in [-0.4, -0.2) is 44.7 Å². The molecule has 1 N–H and O–H groups in total. The Morgan fingerprint density at radius 2 is 1.94 bits per heavy atom. The number of ether oxygens (including phenoxy) is 2. The quantitative estimate of drug-likeness (QED) is 0.739. The van der Waals surface area contributed by atoms with Gasteiger partial charge in [0.15, 0.2) is 0 Å². The van der Waals surface area contributed by atoms with Gasteiger partial charge in [0.05, 0.1) is 6.61 Å². The maximum atomic E-state index is 13.0. The first-order chi connectivity index (χ1) is 15.1. The molecule has 0 unspecified atom stereocenters. The van der Waals surface area contributed by atoms with Crippen LogP contribution in [0.3, 0.4) is 0 Å². The topological polar surface area (TPSA) is 67.9 Å². The molecule has 0 aliphatic carbocycles. The Morgan fingerprint density at radius 1 is 1.16 bits per heavy atom. The summed E-state index contributed by atoms with van der Waals surface area (Å²) in [5.41, 5.74) is 2.39. The summed E-state index contributed by atoms with van der Waals surface area (Å²) in [5.74, 6) is 0.852. The van der Waals surface area contributed by atoms with Crippen LogP contribution >= 0.6 is 0 Å². The fourth-order valence-corrected chi connectivity index (χ4v) is 4.49. The third-order valence-corrected chi connectivity index (χ3v) is 6.31. The van der Waals surface area contributed by atoms with Crippen molar-refractivity contribution in [3.63, 3.8) is 0 Å². The molecule has 2 aliphatic heterocycles. The van der Waals surface area contributed by atoms with Crippen molar-refractivity contribution < 1.29 is 19.1 Å². The zero-order chi connectivity index (χ0) is 21.7.